The Balaban J connectivity index is 1.28. The zero-order chi connectivity index (χ0) is 20.9. The van der Waals surface area contributed by atoms with Crippen molar-refractivity contribution < 1.29 is 9.59 Å². The second-order valence-corrected chi connectivity index (χ2v) is 8.69. The molecule has 0 bridgehead atoms. The second kappa shape index (κ2) is 9.62. The third-order valence-corrected chi connectivity index (χ3v) is 6.61. The van der Waals surface area contributed by atoms with E-state index in [2.05, 4.69) is 20.1 Å². The fourth-order valence-corrected chi connectivity index (χ4v) is 4.91. The number of nitrogens with zero attached hydrogens (tertiary/aromatic N) is 2. The summed E-state index contributed by atoms with van der Waals surface area (Å²) in [6, 6.07) is 7.88. The number of benzene rings is 1. The van der Waals surface area contributed by atoms with Crippen LogP contribution in [0, 0.1) is 0 Å². The van der Waals surface area contributed by atoms with E-state index in [0.29, 0.717) is 19.0 Å². The largest absolute Gasteiger partial charge is 0.368 e. The molecule has 2 fully saturated rings. The summed E-state index contributed by atoms with van der Waals surface area (Å²) in [6.07, 6.45) is 8.49. The molecule has 7 nitrogen and oxygen atoms in total. The fourth-order valence-electron chi connectivity index (χ4n) is 4.91. The van der Waals surface area contributed by atoms with Gasteiger partial charge in [0.05, 0.1) is 6.54 Å². The minimum absolute atomic E-state index is 0.130. The first-order chi connectivity index (χ1) is 14.6. The first-order valence-corrected chi connectivity index (χ1v) is 11.2. The number of para-hydroxylation sites is 1. The van der Waals surface area contributed by atoms with Gasteiger partial charge in [-0.25, -0.2) is 0 Å². The molecule has 1 atom stereocenters. The molecule has 3 heterocycles. The Hall–Kier alpha value is -2.38. The van der Waals surface area contributed by atoms with Crippen LogP contribution in [-0.2, 0) is 16.0 Å². The zero-order valence-corrected chi connectivity index (χ0v) is 17.6. The van der Waals surface area contributed by atoms with E-state index < -0.39 is 11.9 Å². The van der Waals surface area contributed by atoms with Crippen LogP contribution in [0.1, 0.15) is 37.7 Å². The van der Waals surface area contributed by atoms with E-state index in [0.717, 1.165) is 42.4 Å². The Morgan fingerprint density at radius 1 is 1.10 bits per heavy atom. The number of likely N-dealkylation sites (tertiary alicyclic amines) is 2. The maximum Gasteiger partial charge on any atom is 0.240 e. The van der Waals surface area contributed by atoms with Gasteiger partial charge in [-0.05, 0) is 50.4 Å². The van der Waals surface area contributed by atoms with Crippen molar-refractivity contribution in [3.05, 3.63) is 36.0 Å². The lowest BCUT2D eigenvalue weighted by Gasteiger charge is -2.40. The van der Waals surface area contributed by atoms with E-state index >= 15 is 0 Å². The predicted octanol–water partition coefficient (Wildman–Crippen LogP) is 1.63. The van der Waals surface area contributed by atoms with Gasteiger partial charge in [-0.15, -0.1) is 0 Å². The highest BCUT2D eigenvalue weighted by atomic mass is 16.2. The number of primary amides is 1. The first kappa shape index (κ1) is 20.9. The van der Waals surface area contributed by atoms with Crippen LogP contribution in [-0.4, -0.2) is 71.4 Å². The standard InChI is InChI=1S/C23H33N5O2/c24-23(30)21(14-17-15-25-20-7-3-2-6-19(17)20)26-22(29)16-27-12-8-18(9-13-27)28-10-4-1-5-11-28/h2-3,6-7,15,18,21,25H,1,4-5,8-14,16H2,(H2,24,30)(H,26,29). The number of nitrogens with one attached hydrogen (secondary N) is 2. The summed E-state index contributed by atoms with van der Waals surface area (Å²) < 4.78 is 0. The van der Waals surface area contributed by atoms with Crippen molar-refractivity contribution in [2.75, 3.05) is 32.7 Å². The Morgan fingerprint density at radius 3 is 2.57 bits per heavy atom. The average Bonchev–Trinajstić information content (AvgIpc) is 3.17. The maximum absolute atomic E-state index is 12.6. The van der Waals surface area contributed by atoms with Crippen molar-refractivity contribution in [3.8, 4) is 0 Å². The third kappa shape index (κ3) is 5.02. The number of H-pyrrole nitrogens is 1. The van der Waals surface area contributed by atoms with E-state index in [1.807, 2.05) is 30.5 Å². The average molecular weight is 412 g/mol. The molecule has 1 aromatic heterocycles. The number of amides is 2. The number of carbonyl (C=O) groups is 2. The number of hydrogen-bond acceptors (Lipinski definition) is 4. The molecule has 2 aromatic rings. The van der Waals surface area contributed by atoms with Gasteiger partial charge in [0.25, 0.3) is 0 Å². The molecule has 0 spiro atoms. The lowest BCUT2D eigenvalue weighted by molar-refractivity contribution is -0.128. The molecule has 2 aliphatic heterocycles. The summed E-state index contributed by atoms with van der Waals surface area (Å²) >= 11 is 0. The summed E-state index contributed by atoms with van der Waals surface area (Å²) in [7, 11) is 0. The molecule has 0 aliphatic carbocycles. The molecule has 1 unspecified atom stereocenters. The van der Waals surface area contributed by atoms with Gasteiger partial charge >= 0.3 is 0 Å². The van der Waals surface area contributed by atoms with Crippen molar-refractivity contribution in [2.24, 2.45) is 5.73 Å². The van der Waals surface area contributed by atoms with Crippen LogP contribution < -0.4 is 11.1 Å². The van der Waals surface area contributed by atoms with Gasteiger partial charge in [-0.2, -0.15) is 0 Å². The van der Waals surface area contributed by atoms with Crippen LogP contribution in [0.15, 0.2) is 30.5 Å². The van der Waals surface area contributed by atoms with Crippen LogP contribution in [0.5, 0.6) is 0 Å². The van der Waals surface area contributed by atoms with Crippen molar-refractivity contribution in [1.29, 1.82) is 0 Å². The lowest BCUT2D eigenvalue weighted by Crippen LogP contribution is -2.51. The zero-order valence-electron chi connectivity index (χ0n) is 17.6. The van der Waals surface area contributed by atoms with Crippen LogP contribution >= 0.6 is 0 Å². The second-order valence-electron chi connectivity index (χ2n) is 8.69. The van der Waals surface area contributed by atoms with E-state index in [9.17, 15) is 9.59 Å². The number of piperidine rings is 2. The monoisotopic (exact) mass is 411 g/mol. The highest BCUT2D eigenvalue weighted by Gasteiger charge is 2.27. The Bertz CT molecular complexity index is 865. The molecular weight excluding hydrogens is 378 g/mol. The van der Waals surface area contributed by atoms with Gasteiger partial charge in [0, 0.05) is 42.7 Å². The molecule has 2 aliphatic rings. The van der Waals surface area contributed by atoms with Gasteiger partial charge in [-0.1, -0.05) is 24.6 Å². The quantitative estimate of drug-likeness (QED) is 0.645. The summed E-state index contributed by atoms with van der Waals surface area (Å²) in [4.78, 5) is 32.6. The summed E-state index contributed by atoms with van der Waals surface area (Å²) in [5, 5.41) is 3.92. The normalized spacial score (nSPS) is 20.3. The summed E-state index contributed by atoms with van der Waals surface area (Å²) in [5.74, 6) is -0.632. The van der Waals surface area contributed by atoms with Crippen LogP contribution in [0.4, 0.5) is 0 Å². The molecular formula is C23H33N5O2. The van der Waals surface area contributed by atoms with Gasteiger partial charge < -0.3 is 20.9 Å². The lowest BCUT2D eigenvalue weighted by atomic mass is 10.00. The number of rotatable bonds is 7. The third-order valence-electron chi connectivity index (χ3n) is 6.61. The minimum atomic E-state index is -0.706. The van der Waals surface area contributed by atoms with Gasteiger partial charge in [-0.3, -0.25) is 14.5 Å². The molecule has 2 saturated heterocycles. The maximum atomic E-state index is 12.6. The van der Waals surface area contributed by atoms with E-state index in [4.69, 9.17) is 5.73 Å². The van der Waals surface area contributed by atoms with Crippen LogP contribution in [0.3, 0.4) is 0 Å². The Labute approximate surface area is 178 Å². The van der Waals surface area contributed by atoms with Crippen molar-refractivity contribution in [2.45, 2.75) is 50.6 Å². The van der Waals surface area contributed by atoms with Gasteiger partial charge in [0.1, 0.15) is 6.04 Å². The van der Waals surface area contributed by atoms with Gasteiger partial charge in [0.2, 0.25) is 11.8 Å². The number of fused-ring (bicyclic) bond motifs is 1. The molecule has 162 valence electrons. The van der Waals surface area contributed by atoms with E-state index in [1.165, 1.54) is 32.4 Å². The van der Waals surface area contributed by atoms with Crippen LogP contribution in [0.2, 0.25) is 0 Å². The molecule has 0 radical (unpaired) electrons. The summed E-state index contributed by atoms with van der Waals surface area (Å²) in [6.45, 7) is 4.62. The molecule has 1 aromatic carbocycles. The molecule has 4 rings (SSSR count). The van der Waals surface area contributed by atoms with Crippen molar-refractivity contribution in [3.63, 3.8) is 0 Å². The smallest absolute Gasteiger partial charge is 0.240 e. The SMILES string of the molecule is NC(=O)C(Cc1c[nH]c2ccccc12)NC(=O)CN1CCC(N2CCCCC2)CC1. The highest BCUT2D eigenvalue weighted by Crippen LogP contribution is 2.21. The van der Waals surface area contributed by atoms with Gasteiger partial charge in [0.15, 0.2) is 0 Å². The van der Waals surface area contributed by atoms with E-state index in [1.54, 1.807) is 0 Å². The molecule has 4 N–H and O–H groups in total. The molecule has 30 heavy (non-hydrogen) atoms. The predicted molar refractivity (Wildman–Crippen MR) is 118 cm³/mol. The van der Waals surface area contributed by atoms with Crippen molar-refractivity contribution >= 4 is 22.7 Å². The topological polar surface area (TPSA) is 94.5 Å². The van der Waals surface area contributed by atoms with Crippen LogP contribution in [0.25, 0.3) is 10.9 Å². The minimum Gasteiger partial charge on any atom is -0.368 e. The molecule has 0 saturated carbocycles. The molecule has 7 heteroatoms. The van der Waals surface area contributed by atoms with Crippen molar-refractivity contribution in [1.82, 2.24) is 20.1 Å². The fraction of sp³-hybridized carbons (Fsp3) is 0.565. The highest BCUT2D eigenvalue weighted by molar-refractivity contribution is 5.89. The first-order valence-electron chi connectivity index (χ1n) is 11.2. The number of carbonyl (C=O) groups excluding carboxylic acids is 2. The number of aromatic nitrogens is 1. The number of aromatic amines is 1. The molecule has 2 amide bonds. The number of nitrogens with two attached hydrogens (primary N) is 1. The number of hydrogen-bond donors (Lipinski definition) is 3. The van der Waals surface area contributed by atoms with E-state index in [-0.39, 0.29) is 5.91 Å². The Morgan fingerprint density at radius 2 is 1.83 bits per heavy atom. The summed E-state index contributed by atoms with van der Waals surface area (Å²) in [5.41, 5.74) is 7.59. The Kier molecular flexibility index (Phi) is 6.69.